The summed E-state index contributed by atoms with van der Waals surface area (Å²) in [5.41, 5.74) is 28.0. The van der Waals surface area contributed by atoms with E-state index in [4.69, 9.17) is 28.7 Å². The van der Waals surface area contributed by atoms with E-state index in [0.29, 0.717) is 0 Å². The summed E-state index contributed by atoms with van der Waals surface area (Å²) >= 11 is 0. The van der Waals surface area contributed by atoms with Gasteiger partial charge in [-0.25, -0.2) is 4.79 Å². The van der Waals surface area contributed by atoms with Gasteiger partial charge in [0.1, 0.15) is 30.2 Å². The lowest BCUT2D eigenvalue weighted by Gasteiger charge is -2.27. The van der Waals surface area contributed by atoms with E-state index < -0.39 is 96.4 Å². The fraction of sp³-hybridized carbons (Fsp3) is 0.759. The maximum absolute atomic E-state index is 13.3. The zero-order valence-electron chi connectivity index (χ0n) is 28.9. The van der Waals surface area contributed by atoms with Crippen LogP contribution in [0.5, 0.6) is 0 Å². The molecule has 0 aromatic carbocycles. The molecule has 50 heavy (non-hydrogen) atoms. The zero-order valence-corrected chi connectivity index (χ0v) is 28.9. The molecular weight excluding hydrogens is 662 g/mol. The highest BCUT2D eigenvalue weighted by Gasteiger charge is 2.34. The first-order chi connectivity index (χ1) is 23.5. The summed E-state index contributed by atoms with van der Waals surface area (Å²) in [4.78, 5) is 89.4. The average Bonchev–Trinajstić information content (AvgIpc) is 3.04. The summed E-state index contributed by atoms with van der Waals surface area (Å²) in [5, 5.41) is 43.2. The van der Waals surface area contributed by atoms with E-state index in [1.807, 2.05) is 0 Å². The van der Waals surface area contributed by atoms with E-state index in [1.54, 1.807) is 13.8 Å². The largest absolute Gasteiger partial charge is 0.480 e. The molecule has 8 atom stereocenters. The zero-order chi connectivity index (χ0) is 38.6. The van der Waals surface area contributed by atoms with Gasteiger partial charge in [0.15, 0.2) is 6.04 Å². The van der Waals surface area contributed by atoms with Crippen LogP contribution >= 0.6 is 0 Å². The van der Waals surface area contributed by atoms with Crippen LogP contribution in [0, 0.1) is 5.92 Å². The minimum atomic E-state index is -1.68. The Bertz CT molecular complexity index is 1130. The molecule has 0 aromatic rings. The number of carbonyl (C=O) groups is 7. The fourth-order valence-electron chi connectivity index (χ4n) is 4.52. The van der Waals surface area contributed by atoms with Crippen molar-refractivity contribution in [1.29, 1.82) is 0 Å². The Morgan fingerprint density at radius 1 is 0.540 bits per heavy atom. The smallest absolute Gasteiger partial charge is 0.328 e. The summed E-state index contributed by atoms with van der Waals surface area (Å²) < 4.78 is 0. The van der Waals surface area contributed by atoms with E-state index in [-0.39, 0.29) is 64.2 Å². The second-order valence-corrected chi connectivity index (χ2v) is 12.1. The van der Waals surface area contributed by atoms with Crippen molar-refractivity contribution in [2.45, 2.75) is 101 Å². The number of nitrogens with two attached hydrogens (primary N) is 5. The molecule has 0 aliphatic carbocycles. The van der Waals surface area contributed by atoms with Gasteiger partial charge in [0.05, 0.1) is 18.8 Å². The maximum Gasteiger partial charge on any atom is 0.328 e. The third-order valence-corrected chi connectivity index (χ3v) is 7.28. The van der Waals surface area contributed by atoms with E-state index in [9.17, 15) is 48.9 Å². The second kappa shape index (κ2) is 24.2. The highest BCUT2D eigenvalue weighted by Crippen LogP contribution is 2.08. The molecule has 288 valence electrons. The number of hydrogen-bond acceptors (Lipinski definition) is 14. The molecule has 0 aliphatic heterocycles. The van der Waals surface area contributed by atoms with Gasteiger partial charge in [-0.15, -0.1) is 0 Å². The lowest BCUT2D eigenvalue weighted by molar-refractivity contribution is -0.145. The molecule has 21 heteroatoms. The molecule has 0 aromatic heterocycles. The van der Waals surface area contributed by atoms with Crippen molar-refractivity contribution in [2.75, 3.05) is 32.8 Å². The number of carbonyl (C=O) groups excluding carboxylic acids is 6. The van der Waals surface area contributed by atoms with Crippen molar-refractivity contribution >= 4 is 41.4 Å². The number of aliphatic hydroxyl groups excluding tert-OH is 2. The van der Waals surface area contributed by atoms with Crippen LogP contribution in [0.25, 0.3) is 0 Å². The molecule has 0 aliphatic rings. The third-order valence-electron chi connectivity index (χ3n) is 7.28. The Hall–Kier alpha value is -3.99. The number of aliphatic hydroxyl groups is 2. The Balaban J connectivity index is 5.84. The lowest BCUT2D eigenvalue weighted by atomic mass is 10.0. The number of aliphatic carboxylic acids is 1. The highest BCUT2D eigenvalue weighted by molar-refractivity contribution is 5.97. The topological polar surface area (TPSA) is 382 Å². The predicted octanol–water partition coefficient (Wildman–Crippen LogP) is -6.88. The molecule has 6 amide bonds. The molecule has 21 nitrogen and oxygen atoms in total. The normalized spacial score (nSPS) is 16.0. The number of carboxylic acid groups (broad SMARTS) is 1. The van der Waals surface area contributed by atoms with Gasteiger partial charge < -0.3 is 75.9 Å². The van der Waals surface area contributed by atoms with Gasteiger partial charge in [-0.2, -0.15) is 0 Å². The van der Waals surface area contributed by atoms with Crippen LogP contribution in [0.4, 0.5) is 0 Å². The minimum Gasteiger partial charge on any atom is -0.480 e. The molecule has 19 N–H and O–H groups in total. The molecule has 0 bridgehead atoms. The van der Waals surface area contributed by atoms with E-state index >= 15 is 0 Å². The van der Waals surface area contributed by atoms with Gasteiger partial charge in [-0.1, -0.05) is 13.8 Å². The summed E-state index contributed by atoms with van der Waals surface area (Å²) in [5.74, 6) is -6.77. The van der Waals surface area contributed by atoms with Gasteiger partial charge >= 0.3 is 5.97 Å². The van der Waals surface area contributed by atoms with Crippen molar-refractivity contribution in [1.82, 2.24) is 31.9 Å². The van der Waals surface area contributed by atoms with Crippen LogP contribution in [-0.4, -0.2) is 138 Å². The minimum absolute atomic E-state index is 0.0121. The van der Waals surface area contributed by atoms with Crippen molar-refractivity contribution in [3.05, 3.63) is 0 Å². The third kappa shape index (κ3) is 16.6. The maximum atomic E-state index is 13.3. The summed E-state index contributed by atoms with van der Waals surface area (Å²) in [7, 11) is 0. The van der Waals surface area contributed by atoms with Gasteiger partial charge in [0.2, 0.25) is 35.4 Å². The molecule has 0 saturated heterocycles. The number of rotatable bonds is 25. The Labute approximate surface area is 290 Å². The highest BCUT2D eigenvalue weighted by atomic mass is 16.4. The first-order valence-electron chi connectivity index (χ1n) is 16.4. The van der Waals surface area contributed by atoms with E-state index in [1.165, 1.54) is 0 Å². The van der Waals surface area contributed by atoms with Crippen LogP contribution in [0.1, 0.15) is 52.9 Å². The Morgan fingerprint density at radius 2 is 0.880 bits per heavy atom. The van der Waals surface area contributed by atoms with Crippen molar-refractivity contribution in [3.8, 4) is 0 Å². The lowest BCUT2D eigenvalue weighted by Crippen LogP contribution is -2.61. The molecular formula is C29H57N11O10. The Kier molecular flexibility index (Phi) is 22.3. The van der Waals surface area contributed by atoms with E-state index in [2.05, 4.69) is 31.9 Å². The first kappa shape index (κ1) is 46.0. The van der Waals surface area contributed by atoms with Crippen molar-refractivity contribution in [3.63, 3.8) is 0 Å². The summed E-state index contributed by atoms with van der Waals surface area (Å²) in [6.45, 7) is 3.70. The van der Waals surface area contributed by atoms with Crippen LogP contribution in [0.15, 0.2) is 0 Å². The predicted molar refractivity (Wildman–Crippen MR) is 180 cm³/mol. The van der Waals surface area contributed by atoms with Gasteiger partial charge in [-0.3, -0.25) is 28.8 Å². The SMILES string of the molecule is CC(C)C[C@@H](NC(=O)[C@H](CCN)NC(=O)[C@@H](N)CCN)C(=O)N[C@@H](CO)C(=O)N[C@@H](CCN)C(=O)N[C@@H](CCN)C(=O)N[C@H](C(=O)O)[C@@H](C)O. The average molecular weight is 720 g/mol. The molecule has 0 unspecified atom stereocenters. The number of nitrogens with one attached hydrogen (secondary N) is 6. The standard InChI is InChI=1S/C29H57N11O10/c1-14(2)12-20(38-25(45)17(5-9-31)35-23(43)16(34)4-8-30)27(47)39-21(13-41)28(48)37-18(6-10-32)24(44)36-19(7-11-33)26(46)40-22(15(3)42)29(49)50/h14-22,41-42H,4-13,30-34H2,1-3H3,(H,35,43)(H,36,44)(H,37,48)(H,38,45)(H,39,47)(H,40,46)(H,49,50)/t15-,16+,17+,18+,19+,20-,21+,22+/m1/s1. The second-order valence-electron chi connectivity index (χ2n) is 12.1. The van der Waals surface area contributed by atoms with Crippen LogP contribution < -0.4 is 60.6 Å². The molecule has 0 rings (SSSR count). The summed E-state index contributed by atoms with van der Waals surface area (Å²) in [6, 6.07) is -9.37. The van der Waals surface area contributed by atoms with Crippen molar-refractivity contribution in [2.24, 2.45) is 34.6 Å². The molecule has 0 spiro atoms. The van der Waals surface area contributed by atoms with Crippen LogP contribution in [0.2, 0.25) is 0 Å². The van der Waals surface area contributed by atoms with Gasteiger partial charge in [0, 0.05) is 0 Å². The van der Waals surface area contributed by atoms with Gasteiger partial charge in [0.25, 0.3) is 0 Å². The molecule has 0 heterocycles. The van der Waals surface area contributed by atoms with Crippen LogP contribution in [0.3, 0.4) is 0 Å². The molecule has 0 radical (unpaired) electrons. The Morgan fingerprint density at radius 3 is 1.24 bits per heavy atom. The monoisotopic (exact) mass is 719 g/mol. The number of amides is 6. The first-order valence-corrected chi connectivity index (χ1v) is 16.4. The van der Waals surface area contributed by atoms with E-state index in [0.717, 1.165) is 6.92 Å². The number of hydrogen-bond donors (Lipinski definition) is 14. The fourth-order valence-corrected chi connectivity index (χ4v) is 4.52. The number of carboxylic acids is 1. The van der Waals surface area contributed by atoms with Gasteiger partial charge in [-0.05, 0) is 71.1 Å². The molecule has 0 saturated carbocycles. The van der Waals surface area contributed by atoms with Crippen LogP contribution in [-0.2, 0) is 33.6 Å². The summed E-state index contributed by atoms with van der Waals surface area (Å²) in [6.07, 6.45) is -1.48. The molecule has 0 fully saturated rings. The van der Waals surface area contributed by atoms with Crippen molar-refractivity contribution < 1.29 is 48.9 Å². The quantitative estimate of drug-likeness (QED) is 0.0417.